The van der Waals surface area contributed by atoms with Crippen molar-refractivity contribution < 1.29 is 15.0 Å². The fraction of sp³-hybridized carbons (Fsp3) is 0.438. The third kappa shape index (κ3) is 2.22. The van der Waals surface area contributed by atoms with E-state index in [1.165, 1.54) is 0 Å². The molecule has 1 amide bonds. The molecule has 3 rings (SSSR count). The maximum Gasteiger partial charge on any atom is 0.254 e. The summed E-state index contributed by atoms with van der Waals surface area (Å²) in [6.45, 7) is 1.91. The number of nitrogens with zero attached hydrogens (tertiary/aromatic N) is 1. The molecule has 2 aromatic rings. The van der Waals surface area contributed by atoms with E-state index < -0.39 is 12.2 Å². The zero-order chi connectivity index (χ0) is 15.1. The largest absolute Gasteiger partial charge is 0.390 e. The molecule has 112 valence electrons. The lowest BCUT2D eigenvalue weighted by atomic mass is 10.1. The standard InChI is InChI=1S/C16H20N2O3/c1-9-14(10-5-3-4-6-12(10)18(9)2)16(21)17-11-7-8-13(19)15(11)20/h3-6,11,13,15,19-20H,7-8H2,1-2H3,(H,17,21)/t11-,13-,15-/m1/s1. The van der Waals surface area contributed by atoms with Crippen LogP contribution in [0.25, 0.3) is 10.9 Å². The maximum absolute atomic E-state index is 12.6. The van der Waals surface area contributed by atoms with Crippen LogP contribution in [0.5, 0.6) is 0 Å². The predicted octanol–water partition coefficient (Wildman–Crippen LogP) is 1.10. The number of fused-ring (bicyclic) bond motifs is 1. The van der Waals surface area contributed by atoms with Gasteiger partial charge in [0, 0.05) is 23.6 Å². The van der Waals surface area contributed by atoms with E-state index in [4.69, 9.17) is 0 Å². The van der Waals surface area contributed by atoms with E-state index in [2.05, 4.69) is 5.32 Å². The number of hydrogen-bond acceptors (Lipinski definition) is 3. The molecule has 0 unspecified atom stereocenters. The zero-order valence-electron chi connectivity index (χ0n) is 12.2. The molecule has 1 aliphatic rings. The van der Waals surface area contributed by atoms with Gasteiger partial charge < -0.3 is 20.1 Å². The van der Waals surface area contributed by atoms with Crippen molar-refractivity contribution >= 4 is 16.8 Å². The molecule has 5 heteroatoms. The van der Waals surface area contributed by atoms with E-state index in [-0.39, 0.29) is 11.9 Å². The van der Waals surface area contributed by atoms with Crippen LogP contribution in [-0.2, 0) is 7.05 Å². The minimum Gasteiger partial charge on any atom is -0.390 e. The quantitative estimate of drug-likeness (QED) is 0.774. The van der Waals surface area contributed by atoms with E-state index in [1.54, 1.807) is 0 Å². The Balaban J connectivity index is 1.94. The molecule has 21 heavy (non-hydrogen) atoms. The van der Waals surface area contributed by atoms with Gasteiger partial charge in [0.2, 0.25) is 0 Å². The molecule has 3 atom stereocenters. The Kier molecular flexibility index (Phi) is 3.47. The molecule has 1 saturated carbocycles. The highest BCUT2D eigenvalue weighted by atomic mass is 16.3. The van der Waals surface area contributed by atoms with Crippen molar-refractivity contribution in [2.24, 2.45) is 7.05 Å². The van der Waals surface area contributed by atoms with Crippen molar-refractivity contribution in [3.63, 3.8) is 0 Å². The van der Waals surface area contributed by atoms with Crippen LogP contribution >= 0.6 is 0 Å². The van der Waals surface area contributed by atoms with Gasteiger partial charge in [0.25, 0.3) is 5.91 Å². The van der Waals surface area contributed by atoms with E-state index >= 15 is 0 Å². The molecule has 3 N–H and O–H groups in total. The van der Waals surface area contributed by atoms with Crippen molar-refractivity contribution in [3.05, 3.63) is 35.5 Å². The minimum absolute atomic E-state index is 0.192. The van der Waals surface area contributed by atoms with Crippen LogP contribution in [0.3, 0.4) is 0 Å². The van der Waals surface area contributed by atoms with E-state index in [9.17, 15) is 15.0 Å². The van der Waals surface area contributed by atoms with Crippen LogP contribution in [0.1, 0.15) is 28.9 Å². The normalized spacial score (nSPS) is 25.4. The summed E-state index contributed by atoms with van der Waals surface area (Å²) in [5.74, 6) is -0.192. The van der Waals surface area contributed by atoms with Gasteiger partial charge in [0.1, 0.15) is 6.10 Å². The number of amides is 1. The average molecular weight is 288 g/mol. The summed E-state index contributed by atoms with van der Waals surface area (Å²) in [4.78, 5) is 12.6. The summed E-state index contributed by atoms with van der Waals surface area (Å²) in [6.07, 6.45) is -0.522. The van der Waals surface area contributed by atoms with Gasteiger partial charge in [-0.25, -0.2) is 0 Å². The fourth-order valence-corrected chi connectivity index (χ4v) is 3.17. The summed E-state index contributed by atoms with van der Waals surface area (Å²) >= 11 is 0. The first-order valence-electron chi connectivity index (χ1n) is 7.21. The first-order valence-corrected chi connectivity index (χ1v) is 7.21. The number of benzene rings is 1. The number of carbonyl (C=O) groups is 1. The third-order valence-electron chi connectivity index (χ3n) is 4.52. The van der Waals surface area contributed by atoms with Gasteiger partial charge in [-0.3, -0.25) is 4.79 Å². The van der Waals surface area contributed by atoms with Crippen molar-refractivity contribution in [1.29, 1.82) is 0 Å². The molecule has 0 saturated heterocycles. The Labute approximate surface area is 123 Å². The van der Waals surface area contributed by atoms with E-state index in [0.717, 1.165) is 16.6 Å². The molecule has 1 fully saturated rings. The molecule has 1 heterocycles. The van der Waals surface area contributed by atoms with Gasteiger partial charge in [-0.05, 0) is 25.8 Å². The number of hydrogen-bond donors (Lipinski definition) is 3. The van der Waals surface area contributed by atoms with Crippen molar-refractivity contribution in [1.82, 2.24) is 9.88 Å². The molecule has 1 aromatic carbocycles. The topological polar surface area (TPSA) is 74.5 Å². The molecule has 1 aliphatic carbocycles. The van der Waals surface area contributed by atoms with Crippen LogP contribution < -0.4 is 5.32 Å². The summed E-state index contributed by atoms with van der Waals surface area (Å²) in [6, 6.07) is 7.38. The van der Waals surface area contributed by atoms with E-state index in [0.29, 0.717) is 18.4 Å². The summed E-state index contributed by atoms with van der Waals surface area (Å²) < 4.78 is 1.99. The average Bonchev–Trinajstić information content (AvgIpc) is 2.92. The van der Waals surface area contributed by atoms with Crippen molar-refractivity contribution in [2.75, 3.05) is 0 Å². The second kappa shape index (κ2) is 5.16. The molecule has 0 radical (unpaired) electrons. The Morgan fingerprint density at radius 1 is 1.29 bits per heavy atom. The van der Waals surface area contributed by atoms with Gasteiger partial charge in [-0.2, -0.15) is 0 Å². The molecule has 5 nitrogen and oxygen atoms in total. The number of nitrogens with one attached hydrogen (secondary N) is 1. The smallest absolute Gasteiger partial charge is 0.254 e. The second-order valence-corrected chi connectivity index (χ2v) is 5.75. The van der Waals surface area contributed by atoms with Gasteiger partial charge in [-0.15, -0.1) is 0 Å². The van der Waals surface area contributed by atoms with Gasteiger partial charge in [0.05, 0.1) is 17.7 Å². The van der Waals surface area contributed by atoms with E-state index in [1.807, 2.05) is 42.8 Å². The van der Waals surface area contributed by atoms with Crippen LogP contribution in [-0.4, -0.2) is 38.9 Å². The first-order chi connectivity index (χ1) is 10.0. The number of aromatic nitrogens is 1. The first kappa shape index (κ1) is 14.1. The molecule has 0 bridgehead atoms. The Hall–Kier alpha value is -1.85. The van der Waals surface area contributed by atoms with Gasteiger partial charge in [-0.1, -0.05) is 18.2 Å². The van der Waals surface area contributed by atoms with Crippen molar-refractivity contribution in [3.8, 4) is 0 Å². The van der Waals surface area contributed by atoms with Crippen LogP contribution in [0.2, 0.25) is 0 Å². The number of para-hydroxylation sites is 1. The highest BCUT2D eigenvalue weighted by Gasteiger charge is 2.35. The highest BCUT2D eigenvalue weighted by Crippen LogP contribution is 2.26. The summed E-state index contributed by atoms with van der Waals surface area (Å²) in [5.41, 5.74) is 2.54. The number of rotatable bonds is 2. The molecule has 1 aromatic heterocycles. The number of aryl methyl sites for hydroxylation is 1. The monoisotopic (exact) mass is 288 g/mol. The maximum atomic E-state index is 12.6. The van der Waals surface area contributed by atoms with Crippen molar-refractivity contribution in [2.45, 2.75) is 38.0 Å². The zero-order valence-corrected chi connectivity index (χ0v) is 12.2. The fourth-order valence-electron chi connectivity index (χ4n) is 3.17. The number of carbonyl (C=O) groups excluding carboxylic acids is 1. The lowest BCUT2D eigenvalue weighted by Crippen LogP contribution is -2.43. The molecule has 0 aliphatic heterocycles. The number of aliphatic hydroxyl groups is 2. The lowest BCUT2D eigenvalue weighted by molar-refractivity contribution is 0.0297. The minimum atomic E-state index is -0.885. The van der Waals surface area contributed by atoms with Gasteiger partial charge >= 0.3 is 0 Å². The second-order valence-electron chi connectivity index (χ2n) is 5.75. The van der Waals surface area contributed by atoms with Crippen LogP contribution in [0.4, 0.5) is 0 Å². The van der Waals surface area contributed by atoms with Crippen LogP contribution in [0, 0.1) is 6.92 Å². The van der Waals surface area contributed by atoms with Crippen LogP contribution in [0.15, 0.2) is 24.3 Å². The Bertz CT molecular complexity index is 692. The SMILES string of the molecule is Cc1c(C(=O)N[C@@H]2CC[C@@H](O)[C@@H]2O)c2ccccc2n1C. The third-order valence-corrected chi connectivity index (χ3v) is 4.52. The molecular weight excluding hydrogens is 268 g/mol. The van der Waals surface area contributed by atoms with Gasteiger partial charge in [0.15, 0.2) is 0 Å². The lowest BCUT2D eigenvalue weighted by Gasteiger charge is -2.18. The summed E-state index contributed by atoms with van der Waals surface area (Å²) in [5, 5.41) is 23.2. The highest BCUT2D eigenvalue weighted by molar-refractivity contribution is 6.08. The molecular formula is C16H20N2O3. The summed E-state index contributed by atoms with van der Waals surface area (Å²) in [7, 11) is 1.93. The predicted molar refractivity (Wildman–Crippen MR) is 80.2 cm³/mol. The Morgan fingerprint density at radius 2 is 2.00 bits per heavy atom. The number of aliphatic hydroxyl groups excluding tert-OH is 2. The molecule has 0 spiro atoms. The Morgan fingerprint density at radius 3 is 2.67 bits per heavy atom.